The van der Waals surface area contributed by atoms with E-state index in [4.69, 9.17) is 0 Å². The van der Waals surface area contributed by atoms with Crippen LogP contribution in [0.5, 0.6) is 0 Å². The highest BCUT2D eigenvalue weighted by Gasteiger charge is 2.64. The predicted molar refractivity (Wildman–Crippen MR) is 74.9 cm³/mol. The molecule has 3 heteroatoms. The van der Waals surface area contributed by atoms with E-state index in [1.54, 1.807) is 0 Å². The second-order valence-corrected chi connectivity index (χ2v) is 8.07. The summed E-state index contributed by atoms with van der Waals surface area (Å²) in [5, 5.41) is 3.68. The molecule has 0 aromatic carbocycles. The molecule has 0 radical (unpaired) electrons. The van der Waals surface area contributed by atoms with Crippen LogP contribution in [0.1, 0.15) is 37.4 Å². The van der Waals surface area contributed by atoms with Crippen LogP contribution < -0.4 is 5.32 Å². The third-order valence-electron chi connectivity index (χ3n) is 4.41. The van der Waals surface area contributed by atoms with E-state index in [-0.39, 0.29) is 0 Å². The number of nitrogens with one attached hydrogen (secondary N) is 1. The summed E-state index contributed by atoms with van der Waals surface area (Å²) in [5.74, 6) is 0. The average molecular weight is 302 g/mol. The van der Waals surface area contributed by atoms with Gasteiger partial charge in [-0.15, -0.1) is 11.3 Å². The summed E-state index contributed by atoms with van der Waals surface area (Å²) in [5.41, 5.74) is 0.854. The standard InChI is InChI=1S/C13H20BrNS/c1-8-10(14)6-9(16-8)7-15-11-12(2,3)13(11,4)5/h6,11,15H,7H2,1-5H3. The predicted octanol–water partition coefficient (Wildman–Crippen LogP) is 4.34. The molecule has 0 saturated heterocycles. The number of hydrogen-bond donors (Lipinski definition) is 1. The van der Waals surface area contributed by atoms with Crippen molar-refractivity contribution in [2.75, 3.05) is 0 Å². The maximum absolute atomic E-state index is 3.68. The molecular formula is C13H20BrNS. The molecule has 1 nitrogen and oxygen atoms in total. The van der Waals surface area contributed by atoms with Crippen LogP contribution in [0.15, 0.2) is 10.5 Å². The first-order valence-electron chi connectivity index (χ1n) is 5.75. The van der Waals surface area contributed by atoms with Crippen LogP contribution >= 0.6 is 27.3 Å². The van der Waals surface area contributed by atoms with Gasteiger partial charge in [0.15, 0.2) is 0 Å². The fraction of sp³-hybridized carbons (Fsp3) is 0.692. The second-order valence-electron chi connectivity index (χ2n) is 5.87. The Morgan fingerprint density at radius 1 is 1.31 bits per heavy atom. The normalized spacial score (nSPS) is 22.4. The van der Waals surface area contributed by atoms with E-state index >= 15 is 0 Å². The third-order valence-corrected chi connectivity index (χ3v) is 6.55. The van der Waals surface area contributed by atoms with Gasteiger partial charge in [-0.3, -0.25) is 0 Å². The summed E-state index contributed by atoms with van der Waals surface area (Å²) in [6, 6.07) is 2.87. The van der Waals surface area contributed by atoms with Crippen molar-refractivity contribution in [3.8, 4) is 0 Å². The van der Waals surface area contributed by atoms with E-state index in [2.05, 4.69) is 61.9 Å². The maximum atomic E-state index is 3.68. The minimum Gasteiger partial charge on any atom is -0.308 e. The molecule has 0 amide bonds. The largest absolute Gasteiger partial charge is 0.308 e. The van der Waals surface area contributed by atoms with Gasteiger partial charge in [-0.2, -0.15) is 0 Å². The number of rotatable bonds is 3. The van der Waals surface area contributed by atoms with Gasteiger partial charge in [0, 0.05) is 26.8 Å². The summed E-state index contributed by atoms with van der Waals surface area (Å²) in [6.07, 6.45) is 0. The lowest BCUT2D eigenvalue weighted by atomic mass is 10.0. The summed E-state index contributed by atoms with van der Waals surface area (Å²) in [4.78, 5) is 2.79. The van der Waals surface area contributed by atoms with Gasteiger partial charge >= 0.3 is 0 Å². The second kappa shape index (κ2) is 3.82. The Morgan fingerprint density at radius 2 is 1.88 bits per heavy atom. The summed E-state index contributed by atoms with van der Waals surface area (Å²) in [7, 11) is 0. The van der Waals surface area contributed by atoms with Crippen LogP contribution in [-0.2, 0) is 6.54 Å². The Labute approximate surface area is 111 Å². The average Bonchev–Trinajstić information content (AvgIpc) is 2.39. The zero-order chi connectivity index (χ0) is 12.1. The highest BCUT2D eigenvalue weighted by atomic mass is 79.9. The summed E-state index contributed by atoms with van der Waals surface area (Å²) >= 11 is 5.44. The smallest absolute Gasteiger partial charge is 0.0314 e. The molecule has 0 atom stereocenters. The third kappa shape index (κ3) is 1.87. The summed E-state index contributed by atoms with van der Waals surface area (Å²) < 4.78 is 1.24. The van der Waals surface area contributed by atoms with Crippen molar-refractivity contribution in [3.63, 3.8) is 0 Å². The first-order valence-corrected chi connectivity index (χ1v) is 7.36. The molecule has 1 aliphatic carbocycles. The van der Waals surface area contributed by atoms with E-state index in [1.807, 2.05) is 11.3 Å². The fourth-order valence-corrected chi connectivity index (χ4v) is 4.07. The first-order chi connectivity index (χ1) is 7.26. The van der Waals surface area contributed by atoms with Crippen molar-refractivity contribution < 1.29 is 0 Å². The van der Waals surface area contributed by atoms with Gasteiger partial charge in [0.05, 0.1) is 0 Å². The molecule has 1 saturated carbocycles. The Kier molecular flexibility index (Phi) is 3.01. The molecule has 1 N–H and O–H groups in total. The van der Waals surface area contributed by atoms with E-state index in [9.17, 15) is 0 Å². The van der Waals surface area contributed by atoms with Crippen LogP contribution in [0.3, 0.4) is 0 Å². The van der Waals surface area contributed by atoms with Gasteiger partial charge in [-0.05, 0) is 39.8 Å². The summed E-state index contributed by atoms with van der Waals surface area (Å²) in [6.45, 7) is 12.5. The molecule has 0 unspecified atom stereocenters. The van der Waals surface area contributed by atoms with Crippen LogP contribution in [0.4, 0.5) is 0 Å². The monoisotopic (exact) mass is 301 g/mol. The fourth-order valence-electron chi connectivity index (χ4n) is 2.51. The van der Waals surface area contributed by atoms with Crippen molar-refractivity contribution in [1.82, 2.24) is 5.32 Å². The number of aryl methyl sites for hydroxylation is 1. The molecule has 90 valence electrons. The van der Waals surface area contributed by atoms with Gasteiger partial charge < -0.3 is 5.32 Å². The number of thiophene rings is 1. The van der Waals surface area contributed by atoms with Crippen LogP contribution in [-0.4, -0.2) is 6.04 Å². The molecule has 0 spiro atoms. The lowest BCUT2D eigenvalue weighted by Crippen LogP contribution is -2.21. The zero-order valence-electron chi connectivity index (χ0n) is 10.6. The molecule has 2 rings (SSSR count). The number of hydrogen-bond acceptors (Lipinski definition) is 2. The van der Waals surface area contributed by atoms with E-state index < -0.39 is 0 Å². The Morgan fingerprint density at radius 3 is 2.25 bits per heavy atom. The van der Waals surface area contributed by atoms with E-state index in [1.165, 1.54) is 14.2 Å². The number of halogens is 1. The molecule has 1 aliphatic rings. The molecule has 1 aromatic rings. The zero-order valence-corrected chi connectivity index (χ0v) is 13.1. The Bertz CT molecular complexity index is 373. The van der Waals surface area contributed by atoms with Gasteiger partial charge in [0.1, 0.15) is 0 Å². The molecule has 1 aromatic heterocycles. The Balaban J connectivity index is 1.95. The van der Waals surface area contributed by atoms with Crippen LogP contribution in [0.2, 0.25) is 0 Å². The van der Waals surface area contributed by atoms with Gasteiger partial charge in [0.2, 0.25) is 0 Å². The van der Waals surface area contributed by atoms with E-state index in [0.717, 1.165) is 6.54 Å². The SMILES string of the molecule is Cc1sc(CNC2C(C)(C)C2(C)C)cc1Br. The molecule has 1 heterocycles. The van der Waals surface area contributed by atoms with E-state index in [0.29, 0.717) is 16.9 Å². The minimum absolute atomic E-state index is 0.427. The molecular weight excluding hydrogens is 282 g/mol. The lowest BCUT2D eigenvalue weighted by Gasteiger charge is -2.04. The molecule has 1 fully saturated rings. The Hall–Kier alpha value is 0.140. The lowest BCUT2D eigenvalue weighted by molar-refractivity contribution is 0.457. The van der Waals surface area contributed by atoms with Gasteiger partial charge in [-0.25, -0.2) is 0 Å². The molecule has 16 heavy (non-hydrogen) atoms. The topological polar surface area (TPSA) is 12.0 Å². The molecule has 0 bridgehead atoms. The maximum Gasteiger partial charge on any atom is 0.0314 e. The van der Waals surface area contributed by atoms with Crippen molar-refractivity contribution in [3.05, 3.63) is 20.3 Å². The highest BCUT2D eigenvalue weighted by molar-refractivity contribution is 9.10. The van der Waals surface area contributed by atoms with Crippen molar-refractivity contribution in [1.29, 1.82) is 0 Å². The van der Waals surface area contributed by atoms with Crippen molar-refractivity contribution in [2.24, 2.45) is 10.8 Å². The van der Waals surface area contributed by atoms with Crippen molar-refractivity contribution in [2.45, 2.75) is 47.2 Å². The van der Waals surface area contributed by atoms with Gasteiger partial charge in [0.25, 0.3) is 0 Å². The van der Waals surface area contributed by atoms with Gasteiger partial charge in [-0.1, -0.05) is 27.7 Å². The first kappa shape index (κ1) is 12.6. The minimum atomic E-state index is 0.427. The highest BCUT2D eigenvalue weighted by Crippen LogP contribution is 2.62. The van der Waals surface area contributed by atoms with Crippen LogP contribution in [0.25, 0.3) is 0 Å². The molecule has 0 aliphatic heterocycles. The quantitative estimate of drug-likeness (QED) is 0.875. The van der Waals surface area contributed by atoms with Crippen molar-refractivity contribution >= 4 is 27.3 Å². The van der Waals surface area contributed by atoms with Crippen LogP contribution in [0, 0.1) is 17.8 Å².